The largest absolute Gasteiger partial charge is 0.317 e. The predicted octanol–water partition coefficient (Wildman–Crippen LogP) is 2.24. The van der Waals surface area contributed by atoms with Crippen LogP contribution < -0.4 is 11.1 Å². The van der Waals surface area contributed by atoms with Gasteiger partial charge in [-0.15, -0.1) is 0 Å². The van der Waals surface area contributed by atoms with Gasteiger partial charge in [-0.1, -0.05) is 28.1 Å². The highest BCUT2D eigenvalue weighted by Gasteiger charge is 2.20. The van der Waals surface area contributed by atoms with Gasteiger partial charge in [0.2, 0.25) is 10.0 Å². The molecule has 7 nitrogen and oxygen atoms in total. The van der Waals surface area contributed by atoms with E-state index in [1.807, 2.05) is 24.3 Å². The molecule has 0 aliphatic heterocycles. The molecule has 0 N–H and O–H groups in total. The maximum Gasteiger partial charge on any atom is 0.317 e. The summed E-state index contributed by atoms with van der Waals surface area (Å²) in [6.07, 6.45) is 0. The van der Waals surface area contributed by atoms with E-state index >= 15 is 0 Å². The molecule has 9 heteroatoms. The number of halogens is 1. The lowest BCUT2D eigenvalue weighted by atomic mass is 10.2. The molecule has 28 heavy (non-hydrogen) atoms. The monoisotopic (exact) mass is 465 g/mol. The molecule has 0 atom stereocenters. The van der Waals surface area contributed by atoms with Gasteiger partial charge in [-0.3, -0.25) is 14.2 Å². The van der Waals surface area contributed by atoms with E-state index in [0.717, 1.165) is 14.3 Å². The molecule has 0 saturated heterocycles. The Hall–Kier alpha value is -2.23. The van der Waals surface area contributed by atoms with Crippen LogP contribution in [0.4, 0.5) is 0 Å². The number of nitrogens with zero attached hydrogens (tertiary/aromatic N) is 3. The van der Waals surface area contributed by atoms with Crippen molar-refractivity contribution < 1.29 is 8.42 Å². The second kappa shape index (κ2) is 7.65. The minimum Gasteiger partial charge on any atom is -0.302 e. The molecule has 0 saturated carbocycles. The van der Waals surface area contributed by atoms with Crippen molar-refractivity contribution in [2.45, 2.75) is 24.9 Å². The number of fused-ring (bicyclic) bond motifs is 1. The predicted molar refractivity (Wildman–Crippen MR) is 112 cm³/mol. The second-order valence-electron chi connectivity index (χ2n) is 6.51. The van der Waals surface area contributed by atoms with E-state index in [2.05, 4.69) is 15.9 Å². The van der Waals surface area contributed by atoms with E-state index in [-0.39, 0.29) is 11.4 Å². The highest BCUT2D eigenvalue weighted by atomic mass is 79.9. The number of aromatic nitrogens is 2. The lowest BCUT2D eigenvalue weighted by molar-refractivity contribution is 0.521. The smallest absolute Gasteiger partial charge is 0.302 e. The molecule has 3 aromatic rings. The van der Waals surface area contributed by atoms with Crippen LogP contribution in [0.3, 0.4) is 0 Å². The first kappa shape index (κ1) is 20.5. The molecule has 0 bridgehead atoms. The van der Waals surface area contributed by atoms with Crippen molar-refractivity contribution in [1.29, 1.82) is 0 Å². The van der Waals surface area contributed by atoms with E-state index in [1.165, 1.54) is 35.4 Å². The first-order chi connectivity index (χ1) is 13.2. The van der Waals surface area contributed by atoms with Crippen molar-refractivity contribution in [3.05, 3.63) is 73.2 Å². The number of aryl methyl sites for hydroxylation is 1. The zero-order valence-corrected chi connectivity index (χ0v) is 18.1. The zero-order valence-electron chi connectivity index (χ0n) is 15.7. The zero-order chi connectivity index (χ0) is 20.6. The van der Waals surface area contributed by atoms with E-state index in [1.54, 1.807) is 13.0 Å². The third-order valence-electron chi connectivity index (χ3n) is 4.55. The molecule has 0 aliphatic rings. The molecular weight excluding hydrogens is 446 g/mol. The topological polar surface area (TPSA) is 81.4 Å². The fourth-order valence-electron chi connectivity index (χ4n) is 3.01. The van der Waals surface area contributed by atoms with Crippen LogP contribution in [-0.4, -0.2) is 36.0 Å². The molecule has 1 aromatic heterocycles. The second-order valence-corrected chi connectivity index (χ2v) is 9.57. The summed E-state index contributed by atoms with van der Waals surface area (Å²) in [5, 5.41) is 0. The van der Waals surface area contributed by atoms with Gasteiger partial charge in [-0.2, -0.15) is 0 Å². The van der Waals surface area contributed by atoms with Gasteiger partial charge in [0.15, 0.2) is 0 Å². The van der Waals surface area contributed by atoms with Gasteiger partial charge in [-0.25, -0.2) is 12.7 Å². The van der Waals surface area contributed by atoms with Gasteiger partial charge in [0.25, 0.3) is 0 Å². The Morgan fingerprint density at radius 3 is 2.11 bits per heavy atom. The van der Waals surface area contributed by atoms with Crippen molar-refractivity contribution in [1.82, 2.24) is 13.4 Å². The maximum atomic E-state index is 12.8. The highest BCUT2D eigenvalue weighted by molar-refractivity contribution is 9.10. The summed E-state index contributed by atoms with van der Waals surface area (Å²) in [7, 11) is -0.790. The number of sulfonamides is 1. The molecule has 0 spiro atoms. The average Bonchev–Trinajstić information content (AvgIpc) is 2.66. The Kier molecular flexibility index (Phi) is 5.60. The first-order valence-electron chi connectivity index (χ1n) is 8.61. The van der Waals surface area contributed by atoms with Crippen LogP contribution in [-0.2, 0) is 23.1 Å². The van der Waals surface area contributed by atoms with Crippen LogP contribution in [0.25, 0.3) is 11.0 Å². The minimum absolute atomic E-state index is 0.0651. The van der Waals surface area contributed by atoms with Crippen molar-refractivity contribution in [3.8, 4) is 0 Å². The average molecular weight is 466 g/mol. The summed E-state index contributed by atoms with van der Waals surface area (Å²) in [4.78, 5) is 25.4. The first-order valence-corrected chi connectivity index (χ1v) is 10.8. The van der Waals surface area contributed by atoms with Crippen molar-refractivity contribution in [2.24, 2.45) is 0 Å². The lowest BCUT2D eigenvalue weighted by Crippen LogP contribution is -2.41. The Morgan fingerprint density at radius 1 is 0.929 bits per heavy atom. The molecule has 0 aliphatic carbocycles. The van der Waals surface area contributed by atoms with Gasteiger partial charge >= 0.3 is 11.1 Å². The quantitative estimate of drug-likeness (QED) is 0.541. The van der Waals surface area contributed by atoms with Crippen LogP contribution >= 0.6 is 15.9 Å². The minimum atomic E-state index is -3.68. The summed E-state index contributed by atoms with van der Waals surface area (Å²) in [6, 6.07) is 11.9. The van der Waals surface area contributed by atoms with Gasteiger partial charge < -0.3 is 4.57 Å². The Morgan fingerprint density at radius 2 is 1.54 bits per heavy atom. The van der Waals surface area contributed by atoms with Crippen molar-refractivity contribution >= 4 is 37.0 Å². The van der Waals surface area contributed by atoms with E-state index in [4.69, 9.17) is 0 Å². The summed E-state index contributed by atoms with van der Waals surface area (Å²) in [5.41, 5.74) is 0.423. The third-order valence-corrected chi connectivity index (χ3v) is 6.89. The number of hydrogen-bond acceptors (Lipinski definition) is 4. The molecule has 1 heterocycles. The molecule has 3 rings (SSSR count). The maximum absolute atomic E-state index is 12.8. The highest BCUT2D eigenvalue weighted by Crippen LogP contribution is 2.21. The van der Waals surface area contributed by atoms with Crippen molar-refractivity contribution in [2.75, 3.05) is 14.1 Å². The Bertz CT molecular complexity index is 1260. The standard InChI is InChI=1S/C19H20BrN3O4S/c1-4-22-16-10-9-15(28(26,27)21(2)3)11-17(16)23(19(25)18(22)24)12-13-5-7-14(20)8-6-13/h5-11H,4,12H2,1-3H3. The third kappa shape index (κ3) is 3.57. The van der Waals surface area contributed by atoms with E-state index in [9.17, 15) is 18.0 Å². The molecule has 0 amide bonds. The summed E-state index contributed by atoms with van der Waals surface area (Å²) in [6.45, 7) is 2.24. The van der Waals surface area contributed by atoms with Gasteiger partial charge in [-0.05, 0) is 42.8 Å². The molecule has 148 valence electrons. The molecule has 2 aromatic carbocycles. The molecule has 0 fully saturated rings. The van der Waals surface area contributed by atoms with Gasteiger partial charge in [0.1, 0.15) is 0 Å². The van der Waals surface area contributed by atoms with Crippen LogP contribution in [0.5, 0.6) is 0 Å². The van der Waals surface area contributed by atoms with Crippen LogP contribution in [0.1, 0.15) is 12.5 Å². The number of hydrogen-bond donors (Lipinski definition) is 0. The number of rotatable bonds is 5. The molecule has 0 radical (unpaired) electrons. The van der Waals surface area contributed by atoms with E-state index < -0.39 is 21.1 Å². The lowest BCUT2D eigenvalue weighted by Gasteiger charge is -2.17. The normalized spacial score (nSPS) is 12.0. The Labute approximate surface area is 171 Å². The molecular formula is C19H20BrN3O4S. The van der Waals surface area contributed by atoms with E-state index in [0.29, 0.717) is 17.6 Å². The van der Waals surface area contributed by atoms with Crippen molar-refractivity contribution in [3.63, 3.8) is 0 Å². The SMILES string of the molecule is CCn1c(=O)c(=O)n(Cc2ccc(Br)cc2)c2cc(S(=O)(=O)N(C)C)ccc21. The molecule has 0 unspecified atom stereocenters. The van der Waals surface area contributed by atoms with Crippen LogP contribution in [0.15, 0.2) is 61.4 Å². The van der Waals surface area contributed by atoms with Gasteiger partial charge in [0, 0.05) is 25.1 Å². The fraction of sp³-hybridized carbons (Fsp3) is 0.263. The van der Waals surface area contributed by atoms with Gasteiger partial charge in [0.05, 0.1) is 22.5 Å². The fourth-order valence-corrected chi connectivity index (χ4v) is 4.20. The summed E-state index contributed by atoms with van der Waals surface area (Å²) >= 11 is 3.37. The summed E-state index contributed by atoms with van der Waals surface area (Å²) < 4.78 is 29.8. The van der Waals surface area contributed by atoms with Crippen LogP contribution in [0.2, 0.25) is 0 Å². The Balaban J connectivity index is 2.34. The van der Waals surface area contributed by atoms with Crippen LogP contribution in [0, 0.1) is 0 Å². The summed E-state index contributed by atoms with van der Waals surface area (Å²) in [5.74, 6) is 0. The number of benzene rings is 2.